The van der Waals surface area contributed by atoms with E-state index in [0.717, 1.165) is 38.4 Å². The molecule has 112 valence electrons. The molecule has 0 aromatic carbocycles. The van der Waals surface area contributed by atoms with Gasteiger partial charge in [0.05, 0.1) is 0 Å². The van der Waals surface area contributed by atoms with E-state index in [-0.39, 0.29) is 0 Å². The van der Waals surface area contributed by atoms with E-state index in [1.165, 1.54) is 17.7 Å². The number of guanidine groups is 1. The van der Waals surface area contributed by atoms with Crippen LogP contribution in [0.2, 0.25) is 0 Å². The summed E-state index contributed by atoms with van der Waals surface area (Å²) in [4.78, 5) is 8.71. The molecule has 20 heavy (non-hydrogen) atoms. The molecule has 0 radical (unpaired) electrons. The van der Waals surface area contributed by atoms with Crippen LogP contribution in [0.3, 0.4) is 0 Å². The van der Waals surface area contributed by atoms with Crippen molar-refractivity contribution in [1.29, 1.82) is 0 Å². The van der Waals surface area contributed by atoms with E-state index in [1.807, 2.05) is 24.0 Å². The number of hydrogen-bond donors (Lipinski definition) is 2. The zero-order chi connectivity index (χ0) is 14.5. The van der Waals surface area contributed by atoms with Gasteiger partial charge in [-0.05, 0) is 49.8 Å². The predicted octanol–water partition coefficient (Wildman–Crippen LogP) is 2.32. The Hall–Kier alpha value is -1.23. The normalized spacial score (nSPS) is 11.4. The molecule has 1 heterocycles. The maximum absolute atomic E-state index is 4.59. The lowest BCUT2D eigenvalue weighted by molar-refractivity contribution is 0.770. The van der Waals surface area contributed by atoms with E-state index in [9.17, 15) is 0 Å². The van der Waals surface area contributed by atoms with Crippen molar-refractivity contribution in [3.63, 3.8) is 0 Å². The number of thioether (sulfide) groups is 1. The Morgan fingerprint density at radius 1 is 1.35 bits per heavy atom. The highest BCUT2D eigenvalue weighted by Gasteiger charge is 1.97. The molecular formula is C15H26N4S. The summed E-state index contributed by atoms with van der Waals surface area (Å²) >= 11 is 1.90. The number of nitrogens with one attached hydrogen (secondary N) is 2. The van der Waals surface area contributed by atoms with Gasteiger partial charge in [-0.15, -0.1) is 0 Å². The van der Waals surface area contributed by atoms with Crippen molar-refractivity contribution < 1.29 is 0 Å². The molecule has 5 heteroatoms. The second kappa shape index (κ2) is 11.6. The second-order valence-corrected chi connectivity index (χ2v) is 5.48. The Kier molecular flexibility index (Phi) is 9.74. The Morgan fingerprint density at radius 2 is 2.25 bits per heavy atom. The lowest BCUT2D eigenvalue weighted by atomic mass is 10.2. The number of aliphatic imine (C=N–C) groups is 1. The minimum Gasteiger partial charge on any atom is -0.357 e. The molecule has 4 nitrogen and oxygen atoms in total. The van der Waals surface area contributed by atoms with Gasteiger partial charge in [0.25, 0.3) is 0 Å². The predicted molar refractivity (Wildman–Crippen MR) is 89.5 cm³/mol. The number of pyridine rings is 1. The van der Waals surface area contributed by atoms with Gasteiger partial charge >= 0.3 is 0 Å². The number of nitrogens with zero attached hydrogens (tertiary/aromatic N) is 2. The smallest absolute Gasteiger partial charge is 0.191 e. The van der Waals surface area contributed by atoms with Gasteiger partial charge in [-0.1, -0.05) is 6.07 Å². The first-order chi connectivity index (χ1) is 9.86. The zero-order valence-corrected chi connectivity index (χ0v) is 13.4. The first-order valence-electron chi connectivity index (χ1n) is 7.26. The number of unbranched alkanes of at least 4 members (excludes halogenated alkanes) is 1. The summed E-state index contributed by atoms with van der Waals surface area (Å²) in [7, 11) is 0. The molecule has 0 atom stereocenters. The standard InChI is InChI=1S/C15H26N4S/c1-3-17-15(18-10-4-5-12-20-2)19-11-8-14-7-6-9-16-13-14/h6-7,9,13H,3-5,8,10-12H2,1-2H3,(H2,17,18,19). The first kappa shape index (κ1) is 16.8. The molecular weight excluding hydrogens is 268 g/mol. The average molecular weight is 294 g/mol. The van der Waals surface area contributed by atoms with Crippen LogP contribution >= 0.6 is 11.8 Å². The van der Waals surface area contributed by atoms with Crippen LogP contribution in [0.15, 0.2) is 29.5 Å². The maximum Gasteiger partial charge on any atom is 0.191 e. The molecule has 1 aromatic rings. The Bertz CT molecular complexity index is 367. The summed E-state index contributed by atoms with van der Waals surface area (Å²) in [5.74, 6) is 2.14. The summed E-state index contributed by atoms with van der Waals surface area (Å²) in [6, 6.07) is 4.07. The Labute approximate surface area is 126 Å². The maximum atomic E-state index is 4.59. The van der Waals surface area contributed by atoms with Gasteiger partial charge in [0.2, 0.25) is 0 Å². The van der Waals surface area contributed by atoms with Crippen molar-refractivity contribution in [2.75, 3.05) is 31.6 Å². The van der Waals surface area contributed by atoms with Gasteiger partial charge in [-0.2, -0.15) is 11.8 Å². The number of aromatic nitrogens is 1. The van der Waals surface area contributed by atoms with E-state index in [1.54, 1.807) is 6.20 Å². The summed E-state index contributed by atoms with van der Waals surface area (Å²) in [6.45, 7) is 4.75. The first-order valence-corrected chi connectivity index (χ1v) is 8.66. The molecule has 0 unspecified atom stereocenters. The highest BCUT2D eigenvalue weighted by Crippen LogP contribution is 1.99. The van der Waals surface area contributed by atoms with Crippen LogP contribution in [0.1, 0.15) is 25.3 Å². The minimum atomic E-state index is 0.877. The van der Waals surface area contributed by atoms with Crippen molar-refractivity contribution in [3.8, 4) is 0 Å². The fraction of sp³-hybridized carbons (Fsp3) is 0.600. The van der Waals surface area contributed by atoms with Crippen molar-refractivity contribution in [1.82, 2.24) is 15.6 Å². The van der Waals surface area contributed by atoms with E-state index in [4.69, 9.17) is 0 Å². The van der Waals surface area contributed by atoms with Gasteiger partial charge in [-0.25, -0.2) is 0 Å². The lowest BCUT2D eigenvalue weighted by Gasteiger charge is -2.11. The highest BCUT2D eigenvalue weighted by atomic mass is 32.2. The van der Waals surface area contributed by atoms with E-state index >= 15 is 0 Å². The molecule has 1 rings (SSSR count). The van der Waals surface area contributed by atoms with Crippen LogP contribution < -0.4 is 10.6 Å². The SMILES string of the molecule is CCNC(=NCCCCSC)NCCc1cccnc1. The van der Waals surface area contributed by atoms with Gasteiger partial charge in [0.15, 0.2) is 5.96 Å². The third-order valence-electron chi connectivity index (χ3n) is 2.80. The van der Waals surface area contributed by atoms with Crippen molar-refractivity contribution >= 4 is 17.7 Å². The van der Waals surface area contributed by atoms with Crippen molar-refractivity contribution in [3.05, 3.63) is 30.1 Å². The summed E-state index contributed by atoms with van der Waals surface area (Å²) in [6.07, 6.45) is 9.21. The van der Waals surface area contributed by atoms with Crippen LogP contribution in [0, 0.1) is 0 Å². The molecule has 0 spiro atoms. The molecule has 1 aromatic heterocycles. The van der Waals surface area contributed by atoms with Crippen LogP contribution in [0.4, 0.5) is 0 Å². The molecule has 0 saturated heterocycles. The van der Waals surface area contributed by atoms with Crippen LogP contribution in [0.5, 0.6) is 0 Å². The Balaban J connectivity index is 2.25. The molecule has 0 aliphatic carbocycles. The second-order valence-electron chi connectivity index (χ2n) is 4.50. The fourth-order valence-corrected chi connectivity index (χ4v) is 2.25. The highest BCUT2D eigenvalue weighted by molar-refractivity contribution is 7.98. The quantitative estimate of drug-likeness (QED) is 0.417. The van der Waals surface area contributed by atoms with E-state index < -0.39 is 0 Å². The zero-order valence-electron chi connectivity index (χ0n) is 12.6. The van der Waals surface area contributed by atoms with Gasteiger partial charge in [0, 0.05) is 32.0 Å². The van der Waals surface area contributed by atoms with Crippen LogP contribution in [0.25, 0.3) is 0 Å². The molecule has 0 aliphatic heterocycles. The minimum absolute atomic E-state index is 0.877. The lowest BCUT2D eigenvalue weighted by Crippen LogP contribution is -2.38. The third-order valence-corrected chi connectivity index (χ3v) is 3.50. The average Bonchev–Trinajstić information content (AvgIpc) is 2.48. The molecule has 2 N–H and O–H groups in total. The molecule has 0 saturated carbocycles. The largest absolute Gasteiger partial charge is 0.357 e. The third kappa shape index (κ3) is 8.04. The Morgan fingerprint density at radius 3 is 2.95 bits per heavy atom. The van der Waals surface area contributed by atoms with Crippen LogP contribution in [-0.2, 0) is 6.42 Å². The monoisotopic (exact) mass is 294 g/mol. The molecule has 0 amide bonds. The number of rotatable bonds is 9. The number of hydrogen-bond acceptors (Lipinski definition) is 3. The topological polar surface area (TPSA) is 49.3 Å². The molecule has 0 aliphatic rings. The van der Waals surface area contributed by atoms with Gasteiger partial charge in [-0.3, -0.25) is 9.98 Å². The summed E-state index contributed by atoms with van der Waals surface area (Å²) in [5, 5.41) is 6.64. The van der Waals surface area contributed by atoms with E-state index in [2.05, 4.69) is 39.9 Å². The molecule has 0 fully saturated rings. The van der Waals surface area contributed by atoms with Crippen molar-refractivity contribution in [2.24, 2.45) is 4.99 Å². The van der Waals surface area contributed by atoms with Gasteiger partial charge in [0.1, 0.15) is 0 Å². The van der Waals surface area contributed by atoms with Crippen molar-refractivity contribution in [2.45, 2.75) is 26.2 Å². The summed E-state index contributed by atoms with van der Waals surface area (Å²) < 4.78 is 0. The summed E-state index contributed by atoms with van der Waals surface area (Å²) in [5.41, 5.74) is 1.25. The fourth-order valence-electron chi connectivity index (χ4n) is 1.76. The molecule has 0 bridgehead atoms. The van der Waals surface area contributed by atoms with Crippen LogP contribution in [-0.4, -0.2) is 42.6 Å². The van der Waals surface area contributed by atoms with E-state index in [0.29, 0.717) is 0 Å². The van der Waals surface area contributed by atoms with Gasteiger partial charge < -0.3 is 10.6 Å².